The molecular formula is C17H24OSi. The summed E-state index contributed by atoms with van der Waals surface area (Å²) < 4.78 is 6.38. The third-order valence-electron chi connectivity index (χ3n) is 3.65. The highest BCUT2D eigenvalue weighted by Gasteiger charge is 2.31. The molecule has 0 saturated carbocycles. The number of hydrogen-bond donors (Lipinski definition) is 0. The van der Waals surface area contributed by atoms with Crippen molar-refractivity contribution < 1.29 is 4.43 Å². The highest BCUT2D eigenvalue weighted by molar-refractivity contribution is 6.71. The second kappa shape index (κ2) is 5.89. The lowest BCUT2D eigenvalue weighted by Crippen LogP contribution is -2.39. The van der Waals surface area contributed by atoms with Crippen molar-refractivity contribution in [2.24, 2.45) is 0 Å². The molecule has 0 spiro atoms. The molecule has 0 aromatic heterocycles. The van der Waals surface area contributed by atoms with Crippen molar-refractivity contribution in [3.63, 3.8) is 0 Å². The second-order valence-corrected chi connectivity index (χ2v) is 10.2. The van der Waals surface area contributed by atoms with Crippen LogP contribution in [0.1, 0.15) is 18.9 Å². The van der Waals surface area contributed by atoms with E-state index >= 15 is 0 Å². The fourth-order valence-corrected chi connectivity index (χ4v) is 4.41. The highest BCUT2D eigenvalue weighted by Crippen LogP contribution is 2.31. The van der Waals surface area contributed by atoms with E-state index < -0.39 is 8.32 Å². The largest absolute Gasteiger partial charge is 0.410 e. The van der Waals surface area contributed by atoms with Crippen LogP contribution in [0.5, 0.6) is 0 Å². The lowest BCUT2D eigenvalue weighted by molar-refractivity contribution is 0.213. The van der Waals surface area contributed by atoms with Crippen molar-refractivity contribution in [2.75, 3.05) is 0 Å². The van der Waals surface area contributed by atoms with Crippen LogP contribution in [-0.4, -0.2) is 14.4 Å². The minimum absolute atomic E-state index is 0.244. The topological polar surface area (TPSA) is 9.23 Å². The Hall–Kier alpha value is -1.12. The van der Waals surface area contributed by atoms with E-state index in [4.69, 9.17) is 4.43 Å². The zero-order valence-corrected chi connectivity index (χ0v) is 13.3. The Balaban J connectivity index is 2.06. The molecule has 1 atom stereocenters. The van der Waals surface area contributed by atoms with E-state index in [1.165, 1.54) is 11.1 Å². The number of aryl methyl sites for hydroxylation is 1. The Kier molecular flexibility index (Phi) is 4.43. The van der Waals surface area contributed by atoms with Gasteiger partial charge in [-0.25, -0.2) is 0 Å². The molecular weight excluding hydrogens is 248 g/mol. The summed E-state index contributed by atoms with van der Waals surface area (Å²) in [6.45, 7) is 10.8. The van der Waals surface area contributed by atoms with Gasteiger partial charge >= 0.3 is 0 Å². The van der Waals surface area contributed by atoms with Gasteiger partial charge in [-0.05, 0) is 50.0 Å². The van der Waals surface area contributed by atoms with E-state index in [0.29, 0.717) is 0 Å². The van der Waals surface area contributed by atoms with Crippen LogP contribution in [0.2, 0.25) is 19.1 Å². The normalized spacial score (nSPS) is 21.8. The van der Waals surface area contributed by atoms with Gasteiger partial charge in [-0.3, -0.25) is 0 Å². The van der Waals surface area contributed by atoms with Crippen molar-refractivity contribution in [3.05, 3.63) is 59.7 Å². The van der Waals surface area contributed by atoms with Gasteiger partial charge in [-0.15, -0.1) is 0 Å². The molecule has 1 heterocycles. The number of benzene rings is 1. The molecule has 1 aliphatic heterocycles. The van der Waals surface area contributed by atoms with Crippen molar-refractivity contribution in [2.45, 2.75) is 45.0 Å². The maximum absolute atomic E-state index is 6.38. The average Bonchev–Trinajstić information content (AvgIpc) is 2.36. The molecule has 2 rings (SSSR count). The van der Waals surface area contributed by atoms with Gasteiger partial charge in [0.15, 0.2) is 8.32 Å². The Morgan fingerprint density at radius 1 is 1.32 bits per heavy atom. The van der Waals surface area contributed by atoms with E-state index in [9.17, 15) is 0 Å². The predicted molar refractivity (Wildman–Crippen MR) is 84.8 cm³/mol. The van der Waals surface area contributed by atoms with Crippen LogP contribution in [0.3, 0.4) is 0 Å². The number of rotatable bonds is 4. The molecule has 2 heteroatoms. The lowest BCUT2D eigenvalue weighted by atomic mass is 9.97. The number of allylic oxidation sites excluding steroid dienone is 1. The SMILES string of the molecule is C=C(C)C1=CC[Si](C)(C)OC1CCc1ccccc1. The summed E-state index contributed by atoms with van der Waals surface area (Å²) in [5, 5.41) is 0. The molecule has 1 nitrogen and oxygen atoms in total. The van der Waals surface area contributed by atoms with Crippen molar-refractivity contribution in [1.29, 1.82) is 0 Å². The summed E-state index contributed by atoms with van der Waals surface area (Å²) in [6.07, 6.45) is 4.74. The smallest absolute Gasteiger partial charge is 0.191 e. The molecule has 0 bridgehead atoms. The van der Waals surface area contributed by atoms with Crippen LogP contribution in [0.4, 0.5) is 0 Å². The molecule has 0 N–H and O–H groups in total. The summed E-state index contributed by atoms with van der Waals surface area (Å²) in [5.41, 5.74) is 3.86. The molecule has 0 aliphatic carbocycles. The van der Waals surface area contributed by atoms with Gasteiger partial charge in [0.25, 0.3) is 0 Å². The number of hydrogen-bond acceptors (Lipinski definition) is 1. The highest BCUT2D eigenvalue weighted by atomic mass is 28.4. The summed E-state index contributed by atoms with van der Waals surface area (Å²) in [4.78, 5) is 0. The molecule has 102 valence electrons. The van der Waals surface area contributed by atoms with Gasteiger partial charge in [-0.1, -0.05) is 48.6 Å². The van der Waals surface area contributed by atoms with Gasteiger partial charge in [0, 0.05) is 0 Å². The minimum Gasteiger partial charge on any atom is -0.410 e. The Morgan fingerprint density at radius 3 is 2.63 bits per heavy atom. The fourth-order valence-electron chi connectivity index (χ4n) is 2.59. The first-order valence-corrected chi connectivity index (χ1v) is 10.2. The third-order valence-corrected chi connectivity index (χ3v) is 5.76. The quantitative estimate of drug-likeness (QED) is 0.720. The van der Waals surface area contributed by atoms with Gasteiger partial charge in [-0.2, -0.15) is 0 Å². The fraction of sp³-hybridized carbons (Fsp3) is 0.412. The Morgan fingerprint density at radius 2 is 2.00 bits per heavy atom. The molecule has 0 saturated heterocycles. The summed E-state index contributed by atoms with van der Waals surface area (Å²) in [5.74, 6) is 0. The van der Waals surface area contributed by atoms with E-state index in [-0.39, 0.29) is 6.10 Å². The second-order valence-electron chi connectivity index (χ2n) is 6.03. The monoisotopic (exact) mass is 272 g/mol. The molecule has 0 amide bonds. The van der Waals surface area contributed by atoms with E-state index in [2.05, 4.69) is 63.0 Å². The van der Waals surface area contributed by atoms with Crippen molar-refractivity contribution in [3.8, 4) is 0 Å². The maximum Gasteiger partial charge on any atom is 0.191 e. The van der Waals surface area contributed by atoms with E-state index in [1.807, 2.05) is 0 Å². The summed E-state index contributed by atoms with van der Waals surface area (Å²) >= 11 is 0. The van der Waals surface area contributed by atoms with Crippen molar-refractivity contribution >= 4 is 8.32 Å². The zero-order chi connectivity index (χ0) is 13.9. The van der Waals surface area contributed by atoms with Gasteiger partial charge in [0.2, 0.25) is 0 Å². The van der Waals surface area contributed by atoms with Gasteiger partial charge < -0.3 is 4.43 Å². The van der Waals surface area contributed by atoms with Crippen LogP contribution in [-0.2, 0) is 10.8 Å². The minimum atomic E-state index is -1.50. The van der Waals surface area contributed by atoms with E-state index in [1.54, 1.807) is 0 Å². The lowest BCUT2D eigenvalue weighted by Gasteiger charge is -2.35. The Labute approximate surface area is 118 Å². The first-order valence-electron chi connectivity index (χ1n) is 7.06. The van der Waals surface area contributed by atoms with Gasteiger partial charge in [0.1, 0.15) is 0 Å². The molecule has 0 radical (unpaired) electrons. The third kappa shape index (κ3) is 3.92. The average molecular weight is 272 g/mol. The van der Waals surface area contributed by atoms with E-state index in [0.717, 1.165) is 24.5 Å². The molecule has 1 aromatic rings. The van der Waals surface area contributed by atoms with Crippen molar-refractivity contribution in [1.82, 2.24) is 0 Å². The Bertz CT molecular complexity index is 473. The first-order chi connectivity index (χ1) is 8.98. The van der Waals surface area contributed by atoms with Crippen LogP contribution >= 0.6 is 0 Å². The molecule has 1 unspecified atom stereocenters. The molecule has 1 aromatic carbocycles. The maximum atomic E-state index is 6.38. The van der Waals surface area contributed by atoms with Crippen LogP contribution < -0.4 is 0 Å². The molecule has 19 heavy (non-hydrogen) atoms. The zero-order valence-electron chi connectivity index (χ0n) is 12.3. The standard InChI is InChI=1S/C17H24OSi/c1-14(2)16-12-13-19(3,4)18-17(16)11-10-15-8-6-5-7-9-15/h5-9,12,17H,1,10-11,13H2,2-4H3. The van der Waals surface area contributed by atoms with Crippen LogP contribution in [0.25, 0.3) is 0 Å². The van der Waals surface area contributed by atoms with Gasteiger partial charge in [0.05, 0.1) is 6.10 Å². The summed E-state index contributed by atoms with van der Waals surface area (Å²) in [6, 6.07) is 11.8. The summed E-state index contributed by atoms with van der Waals surface area (Å²) in [7, 11) is -1.50. The van der Waals surface area contributed by atoms with Crippen LogP contribution in [0.15, 0.2) is 54.1 Å². The van der Waals surface area contributed by atoms with Crippen LogP contribution in [0, 0.1) is 0 Å². The molecule has 1 aliphatic rings. The first kappa shape index (κ1) is 14.3. The predicted octanol–water partition coefficient (Wildman–Crippen LogP) is 4.73. The molecule has 0 fully saturated rings.